The predicted molar refractivity (Wildman–Crippen MR) is 156 cm³/mol. The van der Waals surface area contributed by atoms with Crippen LogP contribution in [0.15, 0.2) is 55.6 Å². The van der Waals surface area contributed by atoms with Gasteiger partial charge in [0, 0.05) is 29.9 Å². The van der Waals surface area contributed by atoms with Crippen molar-refractivity contribution in [1.29, 1.82) is 0 Å². The predicted octanol–water partition coefficient (Wildman–Crippen LogP) is 3.88. The van der Waals surface area contributed by atoms with Crippen molar-refractivity contribution in [3.63, 3.8) is 0 Å². The smallest absolute Gasteiger partial charge is 0.247 e. The number of aliphatic hydroxyl groups is 1. The summed E-state index contributed by atoms with van der Waals surface area (Å²) in [6.07, 6.45) is 4.84. The summed E-state index contributed by atoms with van der Waals surface area (Å²) in [6.45, 7) is 18.4. The van der Waals surface area contributed by atoms with Gasteiger partial charge in [-0.05, 0) is 53.0 Å². The Labute approximate surface area is 237 Å². The zero-order chi connectivity index (χ0) is 28.8. The molecule has 6 atom stereocenters. The summed E-state index contributed by atoms with van der Waals surface area (Å²) < 4.78 is -1.20. The molecule has 1 aromatic rings. The zero-order valence-electron chi connectivity index (χ0n) is 23.9. The number of rotatable bonds is 10. The first-order valence-electron chi connectivity index (χ1n) is 13.9. The van der Waals surface area contributed by atoms with Crippen LogP contribution in [0.1, 0.15) is 53.0 Å². The van der Waals surface area contributed by atoms with E-state index in [1.807, 2.05) is 51.1 Å². The van der Waals surface area contributed by atoms with Gasteiger partial charge in [0.25, 0.3) is 0 Å². The average molecular weight is 554 g/mol. The standard InChI is InChI=1S/C31H43N3O4S/c1-8-17-32(19-22-13-11-10-12-14-22)26(36)23-24-27(37)34(21(3)20-35)25(31(24)16-15-30(23,7)39-31)28(38)33(18-9-2)29(4,5)6/h8-14,21,23-25,35H,1-2,15-20H2,3-7H3/t21-,23-,24+,25?,30+,31?/m1/s1. The van der Waals surface area contributed by atoms with Crippen molar-refractivity contribution in [1.82, 2.24) is 14.7 Å². The van der Waals surface area contributed by atoms with Gasteiger partial charge >= 0.3 is 0 Å². The lowest BCUT2D eigenvalue weighted by Crippen LogP contribution is -2.60. The summed E-state index contributed by atoms with van der Waals surface area (Å²) in [5.74, 6) is -1.62. The van der Waals surface area contributed by atoms with Crippen molar-refractivity contribution < 1.29 is 19.5 Å². The highest BCUT2D eigenvalue weighted by Crippen LogP contribution is 2.72. The maximum absolute atomic E-state index is 14.4. The Balaban J connectivity index is 1.78. The van der Waals surface area contributed by atoms with E-state index in [2.05, 4.69) is 20.1 Å². The van der Waals surface area contributed by atoms with Crippen LogP contribution in [-0.4, -0.2) is 84.3 Å². The Bertz CT molecular complexity index is 1130. The molecule has 0 saturated carbocycles. The molecule has 2 unspecified atom stereocenters. The third kappa shape index (κ3) is 4.84. The highest BCUT2D eigenvalue weighted by atomic mass is 32.2. The molecule has 3 aliphatic heterocycles. The molecule has 8 heteroatoms. The molecule has 3 heterocycles. The number of thioether (sulfide) groups is 1. The number of nitrogens with zero attached hydrogens (tertiary/aromatic N) is 3. The van der Waals surface area contributed by atoms with E-state index in [0.717, 1.165) is 12.0 Å². The van der Waals surface area contributed by atoms with Crippen molar-refractivity contribution >= 4 is 29.5 Å². The molecular weight excluding hydrogens is 510 g/mol. The quantitative estimate of drug-likeness (QED) is 0.445. The van der Waals surface area contributed by atoms with Crippen LogP contribution in [0.5, 0.6) is 0 Å². The van der Waals surface area contributed by atoms with E-state index in [1.54, 1.807) is 45.5 Å². The first-order valence-corrected chi connectivity index (χ1v) is 14.7. The van der Waals surface area contributed by atoms with Crippen LogP contribution in [0.4, 0.5) is 0 Å². The minimum atomic E-state index is -0.761. The van der Waals surface area contributed by atoms with Gasteiger partial charge in [-0.2, -0.15) is 0 Å². The molecule has 0 aromatic heterocycles. The topological polar surface area (TPSA) is 81.2 Å². The number of likely N-dealkylation sites (tertiary alicyclic amines) is 1. The molecule has 1 aromatic carbocycles. The lowest BCUT2D eigenvalue weighted by Gasteiger charge is -2.43. The van der Waals surface area contributed by atoms with Crippen molar-refractivity contribution in [2.75, 3.05) is 19.7 Å². The first-order chi connectivity index (χ1) is 18.4. The van der Waals surface area contributed by atoms with Gasteiger partial charge in [-0.1, -0.05) is 42.5 Å². The molecule has 3 aliphatic rings. The molecular formula is C31H43N3O4S. The van der Waals surface area contributed by atoms with E-state index in [0.29, 0.717) is 26.1 Å². The van der Waals surface area contributed by atoms with Crippen LogP contribution in [0.2, 0.25) is 0 Å². The molecule has 39 heavy (non-hydrogen) atoms. The van der Waals surface area contributed by atoms with Gasteiger partial charge in [-0.15, -0.1) is 24.9 Å². The SMILES string of the molecule is C=CCN(Cc1ccccc1)C(=O)[C@H]1[C@H]2C(=O)N([C@H](C)CO)C(C(=O)N(CC=C)C(C)(C)C)C23CC[C@]1(C)S3. The number of aliphatic hydroxyl groups excluding tert-OH is 1. The lowest BCUT2D eigenvalue weighted by atomic mass is 9.66. The molecule has 1 N–H and O–H groups in total. The molecule has 0 radical (unpaired) electrons. The van der Waals surface area contributed by atoms with E-state index >= 15 is 0 Å². The second-order valence-electron chi connectivity index (χ2n) is 12.4. The van der Waals surface area contributed by atoms with E-state index in [9.17, 15) is 19.5 Å². The van der Waals surface area contributed by atoms with Gasteiger partial charge in [0.1, 0.15) is 6.04 Å². The average Bonchev–Trinajstić information content (AvgIpc) is 3.46. The number of amides is 3. The van der Waals surface area contributed by atoms with Crippen LogP contribution >= 0.6 is 11.8 Å². The van der Waals surface area contributed by atoms with Crippen LogP contribution in [0.25, 0.3) is 0 Å². The van der Waals surface area contributed by atoms with Crippen LogP contribution in [0.3, 0.4) is 0 Å². The largest absolute Gasteiger partial charge is 0.394 e. The summed E-state index contributed by atoms with van der Waals surface area (Å²) in [4.78, 5) is 48.3. The maximum Gasteiger partial charge on any atom is 0.247 e. The normalized spacial score (nSPS) is 30.2. The Morgan fingerprint density at radius 3 is 2.36 bits per heavy atom. The van der Waals surface area contributed by atoms with E-state index in [4.69, 9.17) is 0 Å². The number of carbonyl (C=O) groups is 3. The molecule has 3 fully saturated rings. The fraction of sp³-hybridized carbons (Fsp3) is 0.581. The van der Waals surface area contributed by atoms with Crippen molar-refractivity contribution in [2.24, 2.45) is 11.8 Å². The van der Waals surface area contributed by atoms with Crippen molar-refractivity contribution in [2.45, 2.75) is 81.1 Å². The van der Waals surface area contributed by atoms with Gasteiger partial charge in [0.2, 0.25) is 17.7 Å². The number of fused-ring (bicyclic) bond motifs is 1. The zero-order valence-corrected chi connectivity index (χ0v) is 24.7. The molecule has 0 aliphatic carbocycles. The summed E-state index contributed by atoms with van der Waals surface area (Å²) >= 11 is 1.66. The fourth-order valence-corrected chi connectivity index (χ4v) is 9.27. The summed E-state index contributed by atoms with van der Waals surface area (Å²) in [7, 11) is 0. The second-order valence-corrected chi connectivity index (χ2v) is 14.3. The number of benzene rings is 1. The Kier molecular flexibility index (Phi) is 8.12. The third-order valence-corrected chi connectivity index (χ3v) is 10.7. The van der Waals surface area contributed by atoms with Gasteiger partial charge < -0.3 is 19.8 Å². The van der Waals surface area contributed by atoms with E-state index in [-0.39, 0.29) is 24.3 Å². The monoisotopic (exact) mass is 553 g/mol. The molecule has 1 spiro atoms. The van der Waals surface area contributed by atoms with Crippen LogP contribution in [-0.2, 0) is 20.9 Å². The van der Waals surface area contributed by atoms with Gasteiger partial charge in [-0.3, -0.25) is 14.4 Å². The Hall–Kier alpha value is -2.58. The van der Waals surface area contributed by atoms with E-state index < -0.39 is 39.0 Å². The number of hydrogen-bond acceptors (Lipinski definition) is 5. The molecule has 4 rings (SSSR count). The second kappa shape index (κ2) is 10.8. The molecule has 7 nitrogen and oxygen atoms in total. The fourth-order valence-electron chi connectivity index (χ4n) is 6.94. The number of carbonyl (C=O) groups excluding carboxylic acids is 3. The van der Waals surface area contributed by atoms with Gasteiger partial charge in [0.05, 0.1) is 29.2 Å². The van der Waals surface area contributed by atoms with E-state index in [1.165, 1.54) is 0 Å². The minimum absolute atomic E-state index is 0.0721. The number of hydrogen-bond donors (Lipinski definition) is 1. The van der Waals surface area contributed by atoms with Gasteiger partial charge in [0.15, 0.2) is 0 Å². The maximum atomic E-state index is 14.4. The lowest BCUT2D eigenvalue weighted by molar-refractivity contribution is -0.149. The Morgan fingerprint density at radius 2 is 1.79 bits per heavy atom. The highest BCUT2D eigenvalue weighted by Gasteiger charge is 2.78. The molecule has 3 saturated heterocycles. The van der Waals surface area contributed by atoms with Crippen molar-refractivity contribution in [3.05, 3.63) is 61.2 Å². The van der Waals surface area contributed by atoms with Crippen LogP contribution in [0, 0.1) is 11.8 Å². The minimum Gasteiger partial charge on any atom is -0.394 e. The Morgan fingerprint density at radius 1 is 1.15 bits per heavy atom. The molecule has 212 valence electrons. The highest BCUT2D eigenvalue weighted by molar-refractivity contribution is 8.02. The first kappa shape index (κ1) is 29.4. The van der Waals surface area contributed by atoms with Crippen LogP contribution < -0.4 is 0 Å². The van der Waals surface area contributed by atoms with Crippen molar-refractivity contribution in [3.8, 4) is 0 Å². The summed E-state index contributed by atoms with van der Waals surface area (Å²) in [5, 5.41) is 10.2. The summed E-state index contributed by atoms with van der Waals surface area (Å²) in [5.41, 5.74) is 0.517. The van der Waals surface area contributed by atoms with Gasteiger partial charge in [-0.25, -0.2) is 0 Å². The summed E-state index contributed by atoms with van der Waals surface area (Å²) in [6, 6.07) is 8.51. The third-order valence-electron chi connectivity index (χ3n) is 8.72. The molecule has 3 amide bonds. The molecule has 2 bridgehead atoms.